The van der Waals surface area contributed by atoms with E-state index in [0.717, 1.165) is 18.4 Å². The number of carbonyl (C=O) groups excluding carboxylic acids is 1. The van der Waals surface area contributed by atoms with Gasteiger partial charge in [0.1, 0.15) is 5.75 Å². The Morgan fingerprint density at radius 1 is 1.12 bits per heavy atom. The van der Waals surface area contributed by atoms with Crippen LogP contribution in [0.1, 0.15) is 49.8 Å². The number of aryl methyl sites for hydroxylation is 2. The Labute approximate surface area is 161 Å². The number of amides is 1. The van der Waals surface area contributed by atoms with Crippen molar-refractivity contribution in [1.82, 2.24) is 5.32 Å². The summed E-state index contributed by atoms with van der Waals surface area (Å²) in [7, 11) is 0. The van der Waals surface area contributed by atoms with E-state index < -0.39 is 6.10 Å². The third kappa shape index (κ3) is 6.06. The summed E-state index contributed by atoms with van der Waals surface area (Å²) in [6.45, 7) is 8.69. The van der Waals surface area contributed by atoms with Crippen LogP contribution in [0.5, 0.6) is 5.75 Å². The molecule has 0 spiro atoms. The van der Waals surface area contributed by atoms with Gasteiger partial charge in [0.25, 0.3) is 5.91 Å². The fraction of sp³-hybridized carbons (Fsp3) is 0.409. The van der Waals surface area contributed by atoms with Crippen LogP contribution in [0.4, 0.5) is 0 Å². The Morgan fingerprint density at radius 2 is 1.81 bits per heavy atom. The molecule has 0 aliphatic carbocycles. The van der Waals surface area contributed by atoms with Crippen molar-refractivity contribution < 1.29 is 9.53 Å². The Bertz CT molecular complexity index is 725. The van der Waals surface area contributed by atoms with Gasteiger partial charge in [-0.05, 0) is 67.5 Å². The van der Waals surface area contributed by atoms with Gasteiger partial charge in [-0.3, -0.25) is 4.79 Å². The molecule has 1 atom stereocenters. The number of ether oxygens (including phenoxy) is 1. The lowest BCUT2D eigenvalue weighted by molar-refractivity contribution is -0.127. The maximum Gasteiger partial charge on any atom is 0.260 e. The minimum Gasteiger partial charge on any atom is -0.481 e. The van der Waals surface area contributed by atoms with Gasteiger partial charge in [-0.15, -0.1) is 0 Å². The molecule has 2 rings (SSSR count). The number of carbonyl (C=O) groups is 1. The lowest BCUT2D eigenvalue weighted by Gasteiger charge is -2.15. The second-order valence-corrected chi connectivity index (χ2v) is 7.37. The molecule has 4 heteroatoms. The molecule has 0 unspecified atom stereocenters. The van der Waals surface area contributed by atoms with E-state index in [1.165, 1.54) is 11.1 Å². The normalized spacial score (nSPS) is 12.1. The number of halogens is 1. The minimum atomic E-state index is -0.541. The molecule has 0 heterocycles. The molecule has 0 radical (unpaired) electrons. The fourth-order valence-electron chi connectivity index (χ4n) is 2.67. The molecule has 2 aromatic rings. The van der Waals surface area contributed by atoms with Crippen molar-refractivity contribution in [2.75, 3.05) is 6.54 Å². The molecule has 2 aromatic carbocycles. The summed E-state index contributed by atoms with van der Waals surface area (Å²) in [6, 6.07) is 14.1. The SMILES string of the molecule is Cc1cc(O[C@@H](C)C(=O)NCCCc2ccc(C(C)C)cc2)ccc1Cl. The second-order valence-electron chi connectivity index (χ2n) is 6.96. The van der Waals surface area contributed by atoms with Crippen LogP contribution < -0.4 is 10.1 Å². The summed E-state index contributed by atoms with van der Waals surface area (Å²) in [4.78, 5) is 12.2. The Kier molecular flexibility index (Phi) is 7.52. The molecule has 3 nitrogen and oxygen atoms in total. The van der Waals surface area contributed by atoms with E-state index >= 15 is 0 Å². The summed E-state index contributed by atoms with van der Waals surface area (Å²) in [5.41, 5.74) is 3.58. The highest BCUT2D eigenvalue weighted by Gasteiger charge is 2.14. The van der Waals surface area contributed by atoms with E-state index in [2.05, 4.69) is 43.4 Å². The lowest BCUT2D eigenvalue weighted by Crippen LogP contribution is -2.36. The Balaban J connectivity index is 1.72. The molecule has 26 heavy (non-hydrogen) atoms. The molecule has 0 aliphatic rings. The van der Waals surface area contributed by atoms with Gasteiger partial charge in [-0.2, -0.15) is 0 Å². The lowest BCUT2D eigenvalue weighted by atomic mass is 10.0. The largest absolute Gasteiger partial charge is 0.481 e. The second kappa shape index (κ2) is 9.63. The maximum absolute atomic E-state index is 12.2. The summed E-state index contributed by atoms with van der Waals surface area (Å²) in [5.74, 6) is 1.10. The minimum absolute atomic E-state index is 0.104. The molecule has 140 valence electrons. The van der Waals surface area contributed by atoms with Crippen LogP contribution in [-0.2, 0) is 11.2 Å². The number of nitrogens with one attached hydrogen (secondary N) is 1. The van der Waals surface area contributed by atoms with Crippen molar-refractivity contribution in [2.24, 2.45) is 0 Å². The summed E-state index contributed by atoms with van der Waals surface area (Å²) in [6.07, 6.45) is 1.31. The highest BCUT2D eigenvalue weighted by atomic mass is 35.5. The number of benzene rings is 2. The number of hydrogen-bond acceptors (Lipinski definition) is 2. The molecule has 0 saturated carbocycles. The van der Waals surface area contributed by atoms with Gasteiger partial charge >= 0.3 is 0 Å². The van der Waals surface area contributed by atoms with E-state index in [0.29, 0.717) is 23.2 Å². The molecular formula is C22H28ClNO2. The van der Waals surface area contributed by atoms with Gasteiger partial charge in [-0.1, -0.05) is 49.7 Å². The smallest absolute Gasteiger partial charge is 0.260 e. The first-order chi connectivity index (χ1) is 12.4. The van der Waals surface area contributed by atoms with Gasteiger partial charge < -0.3 is 10.1 Å². The zero-order valence-electron chi connectivity index (χ0n) is 16.0. The predicted octanol–water partition coefficient (Wildman–Crippen LogP) is 5.29. The van der Waals surface area contributed by atoms with Crippen LogP contribution in [0.25, 0.3) is 0 Å². The quantitative estimate of drug-likeness (QED) is 0.638. The highest BCUT2D eigenvalue weighted by Crippen LogP contribution is 2.22. The van der Waals surface area contributed by atoms with E-state index in [1.54, 1.807) is 19.1 Å². The molecule has 0 aromatic heterocycles. The van der Waals surface area contributed by atoms with E-state index in [1.807, 2.05) is 13.0 Å². The van der Waals surface area contributed by atoms with Crippen molar-refractivity contribution in [2.45, 2.75) is 52.6 Å². The van der Waals surface area contributed by atoms with Crippen LogP contribution >= 0.6 is 11.6 Å². The monoisotopic (exact) mass is 373 g/mol. The van der Waals surface area contributed by atoms with Gasteiger partial charge in [0.05, 0.1) is 0 Å². The van der Waals surface area contributed by atoms with E-state index in [4.69, 9.17) is 16.3 Å². The van der Waals surface area contributed by atoms with Gasteiger partial charge in [0.2, 0.25) is 0 Å². The van der Waals surface area contributed by atoms with Crippen molar-refractivity contribution in [3.05, 3.63) is 64.2 Å². The van der Waals surface area contributed by atoms with Gasteiger partial charge in [0, 0.05) is 11.6 Å². The Hall–Kier alpha value is -2.00. The third-order valence-electron chi connectivity index (χ3n) is 4.40. The molecule has 1 N–H and O–H groups in total. The van der Waals surface area contributed by atoms with Gasteiger partial charge in [-0.25, -0.2) is 0 Å². The van der Waals surface area contributed by atoms with Crippen molar-refractivity contribution in [1.29, 1.82) is 0 Å². The number of rotatable bonds is 8. The van der Waals surface area contributed by atoms with Crippen LogP contribution in [0.15, 0.2) is 42.5 Å². The van der Waals surface area contributed by atoms with Crippen molar-refractivity contribution in [3.8, 4) is 5.75 Å². The predicted molar refractivity (Wildman–Crippen MR) is 108 cm³/mol. The standard InChI is InChI=1S/C22H28ClNO2/c1-15(2)19-9-7-18(8-10-19)6-5-13-24-22(25)17(4)26-20-11-12-21(23)16(3)14-20/h7-12,14-15,17H,5-6,13H2,1-4H3,(H,24,25)/t17-/m0/s1. The molecule has 0 aliphatic heterocycles. The van der Waals surface area contributed by atoms with Crippen LogP contribution in [0, 0.1) is 6.92 Å². The zero-order chi connectivity index (χ0) is 19.1. The molecular weight excluding hydrogens is 346 g/mol. The fourth-order valence-corrected chi connectivity index (χ4v) is 2.78. The first-order valence-electron chi connectivity index (χ1n) is 9.16. The Morgan fingerprint density at radius 3 is 2.42 bits per heavy atom. The third-order valence-corrected chi connectivity index (χ3v) is 4.82. The zero-order valence-corrected chi connectivity index (χ0v) is 16.8. The molecule has 1 amide bonds. The van der Waals surface area contributed by atoms with Gasteiger partial charge in [0.15, 0.2) is 6.10 Å². The molecule has 0 saturated heterocycles. The topological polar surface area (TPSA) is 38.3 Å². The molecule has 0 bridgehead atoms. The number of hydrogen-bond donors (Lipinski definition) is 1. The van der Waals surface area contributed by atoms with Crippen LogP contribution in [0.3, 0.4) is 0 Å². The van der Waals surface area contributed by atoms with Crippen molar-refractivity contribution in [3.63, 3.8) is 0 Å². The first kappa shape index (κ1) is 20.3. The van der Waals surface area contributed by atoms with E-state index in [-0.39, 0.29) is 5.91 Å². The summed E-state index contributed by atoms with van der Waals surface area (Å²) >= 11 is 6.00. The van der Waals surface area contributed by atoms with Crippen molar-refractivity contribution >= 4 is 17.5 Å². The highest BCUT2D eigenvalue weighted by molar-refractivity contribution is 6.31. The average Bonchev–Trinajstić information content (AvgIpc) is 2.62. The average molecular weight is 374 g/mol. The van der Waals surface area contributed by atoms with Crippen LogP contribution in [-0.4, -0.2) is 18.6 Å². The summed E-state index contributed by atoms with van der Waals surface area (Å²) < 4.78 is 5.69. The molecule has 0 fully saturated rings. The maximum atomic E-state index is 12.2. The van der Waals surface area contributed by atoms with E-state index in [9.17, 15) is 4.79 Å². The first-order valence-corrected chi connectivity index (χ1v) is 9.54. The van der Waals surface area contributed by atoms with Crippen LogP contribution in [0.2, 0.25) is 5.02 Å². The summed E-state index contributed by atoms with van der Waals surface area (Å²) in [5, 5.41) is 3.63.